The third-order valence-electron chi connectivity index (χ3n) is 2.54. The van der Waals surface area contributed by atoms with Crippen LogP contribution >= 0.6 is 0 Å². The Morgan fingerprint density at radius 3 is 2.60 bits per heavy atom. The van der Waals surface area contributed by atoms with Gasteiger partial charge in [0.1, 0.15) is 0 Å². The molecule has 2 fully saturated rings. The smallest absolute Gasteiger partial charge is 0.316 e. The van der Waals surface area contributed by atoms with E-state index in [9.17, 15) is 9.59 Å². The third-order valence-corrected chi connectivity index (χ3v) is 2.54. The Morgan fingerprint density at radius 2 is 2.07 bits per heavy atom. The second-order valence-electron chi connectivity index (χ2n) is 3.98. The number of carbonyl (C=O) groups excluding carboxylic acids is 2. The summed E-state index contributed by atoms with van der Waals surface area (Å²) in [6.45, 7) is 3.17. The zero-order valence-electron chi connectivity index (χ0n) is 8.50. The molecule has 15 heavy (non-hydrogen) atoms. The van der Waals surface area contributed by atoms with Crippen molar-refractivity contribution in [2.45, 2.75) is 25.4 Å². The zero-order chi connectivity index (χ0) is 10.9. The third kappa shape index (κ3) is 2.15. The van der Waals surface area contributed by atoms with Crippen LogP contribution < -0.4 is 10.6 Å². The number of rotatable bonds is 2. The van der Waals surface area contributed by atoms with Crippen LogP contribution in [0.1, 0.15) is 19.8 Å². The molecular formula is C9H13N3O3. The maximum absolute atomic E-state index is 10.8. The van der Waals surface area contributed by atoms with Gasteiger partial charge in [-0.2, -0.15) is 0 Å². The summed E-state index contributed by atoms with van der Waals surface area (Å²) in [4.78, 5) is 25.8. The first-order valence-corrected chi connectivity index (χ1v) is 4.90. The van der Waals surface area contributed by atoms with Gasteiger partial charge in [0.25, 0.3) is 0 Å². The summed E-state index contributed by atoms with van der Waals surface area (Å²) in [5, 5.41) is 4.68. The first-order valence-electron chi connectivity index (χ1n) is 4.90. The minimum absolute atomic E-state index is 0.224. The van der Waals surface area contributed by atoms with Crippen molar-refractivity contribution in [2.24, 2.45) is 4.99 Å². The maximum Gasteiger partial charge on any atom is 0.316 e. The summed E-state index contributed by atoms with van der Waals surface area (Å²) < 4.78 is 5.52. The van der Waals surface area contributed by atoms with Crippen molar-refractivity contribution in [2.75, 3.05) is 13.2 Å². The molecule has 6 heteroatoms. The predicted molar refractivity (Wildman–Crippen MR) is 52.2 cm³/mol. The standard InChI is InChI=1S/C9H13N3O3/c1-9(3-2-4-15-9)5-10-8-11-6(13)7(14)12-8/h2-5H2,1H3,(H2,10,11,12,13,14). The van der Waals surface area contributed by atoms with Crippen LogP contribution in [0.5, 0.6) is 0 Å². The number of aliphatic imine (C=N–C) groups is 1. The molecule has 0 aliphatic carbocycles. The van der Waals surface area contributed by atoms with E-state index >= 15 is 0 Å². The number of nitrogens with one attached hydrogen (secondary N) is 2. The average molecular weight is 211 g/mol. The fourth-order valence-electron chi connectivity index (χ4n) is 1.65. The first kappa shape index (κ1) is 10.1. The fraction of sp³-hybridized carbons (Fsp3) is 0.667. The molecular weight excluding hydrogens is 198 g/mol. The van der Waals surface area contributed by atoms with Gasteiger partial charge in [0.15, 0.2) is 0 Å². The van der Waals surface area contributed by atoms with E-state index in [1.54, 1.807) is 0 Å². The van der Waals surface area contributed by atoms with Crippen molar-refractivity contribution >= 4 is 17.8 Å². The van der Waals surface area contributed by atoms with Crippen LogP contribution in [0.4, 0.5) is 0 Å². The van der Waals surface area contributed by atoms with Gasteiger partial charge in [0.2, 0.25) is 5.96 Å². The molecule has 0 aromatic rings. The number of carbonyl (C=O) groups is 2. The van der Waals surface area contributed by atoms with E-state index in [4.69, 9.17) is 4.74 Å². The van der Waals surface area contributed by atoms with E-state index < -0.39 is 11.8 Å². The zero-order valence-corrected chi connectivity index (χ0v) is 8.50. The molecule has 2 aliphatic rings. The van der Waals surface area contributed by atoms with Crippen LogP contribution in [0.25, 0.3) is 0 Å². The highest BCUT2D eigenvalue weighted by Gasteiger charge is 2.31. The minimum Gasteiger partial charge on any atom is -0.373 e. The molecule has 1 atom stereocenters. The number of ether oxygens (including phenoxy) is 1. The van der Waals surface area contributed by atoms with Gasteiger partial charge in [0, 0.05) is 6.61 Å². The molecule has 0 radical (unpaired) electrons. The van der Waals surface area contributed by atoms with Crippen molar-refractivity contribution in [1.82, 2.24) is 10.6 Å². The van der Waals surface area contributed by atoms with Crippen LogP contribution in [-0.2, 0) is 14.3 Å². The molecule has 0 aromatic carbocycles. The molecule has 0 saturated carbocycles. The molecule has 2 rings (SSSR count). The molecule has 2 heterocycles. The number of nitrogens with zero attached hydrogens (tertiary/aromatic N) is 1. The lowest BCUT2D eigenvalue weighted by Gasteiger charge is -2.20. The van der Waals surface area contributed by atoms with Gasteiger partial charge in [-0.05, 0) is 19.8 Å². The van der Waals surface area contributed by atoms with Gasteiger partial charge < -0.3 is 4.74 Å². The van der Waals surface area contributed by atoms with Crippen molar-refractivity contribution in [3.8, 4) is 0 Å². The van der Waals surface area contributed by atoms with Crippen LogP contribution in [0.15, 0.2) is 4.99 Å². The van der Waals surface area contributed by atoms with Gasteiger partial charge in [0.05, 0.1) is 12.1 Å². The summed E-state index contributed by atoms with van der Waals surface area (Å²) in [7, 11) is 0. The number of amides is 2. The van der Waals surface area contributed by atoms with E-state index in [1.165, 1.54) is 0 Å². The monoisotopic (exact) mass is 211 g/mol. The Bertz CT molecular complexity index is 313. The Labute approximate surface area is 87.1 Å². The highest BCUT2D eigenvalue weighted by molar-refractivity contribution is 6.45. The molecule has 6 nitrogen and oxygen atoms in total. The van der Waals surface area contributed by atoms with Crippen LogP contribution in [0.3, 0.4) is 0 Å². The summed E-state index contributed by atoms with van der Waals surface area (Å²) in [5.74, 6) is -1.10. The van der Waals surface area contributed by atoms with Gasteiger partial charge in [-0.25, -0.2) is 4.99 Å². The Balaban J connectivity index is 1.94. The lowest BCUT2D eigenvalue weighted by atomic mass is 10.0. The molecule has 1 unspecified atom stereocenters. The van der Waals surface area contributed by atoms with Crippen molar-refractivity contribution in [3.63, 3.8) is 0 Å². The highest BCUT2D eigenvalue weighted by atomic mass is 16.5. The second-order valence-corrected chi connectivity index (χ2v) is 3.98. The van der Waals surface area contributed by atoms with Crippen molar-refractivity contribution in [3.05, 3.63) is 0 Å². The fourth-order valence-corrected chi connectivity index (χ4v) is 1.65. The topological polar surface area (TPSA) is 79.8 Å². The van der Waals surface area contributed by atoms with E-state index in [0.29, 0.717) is 6.54 Å². The van der Waals surface area contributed by atoms with Crippen molar-refractivity contribution < 1.29 is 14.3 Å². The molecule has 2 N–H and O–H groups in total. The van der Waals surface area contributed by atoms with Gasteiger partial charge in [-0.3, -0.25) is 20.2 Å². The van der Waals surface area contributed by atoms with E-state index in [-0.39, 0.29) is 11.6 Å². The largest absolute Gasteiger partial charge is 0.373 e. The molecule has 2 saturated heterocycles. The van der Waals surface area contributed by atoms with Gasteiger partial charge in [-0.1, -0.05) is 0 Å². The molecule has 2 amide bonds. The number of hydrogen-bond acceptors (Lipinski definition) is 4. The second kappa shape index (κ2) is 3.62. The lowest BCUT2D eigenvalue weighted by Crippen LogP contribution is -2.32. The quantitative estimate of drug-likeness (QED) is 0.584. The lowest BCUT2D eigenvalue weighted by molar-refractivity contribution is -0.135. The molecule has 82 valence electrons. The Hall–Kier alpha value is -1.43. The molecule has 0 spiro atoms. The molecule has 0 bridgehead atoms. The van der Waals surface area contributed by atoms with Crippen molar-refractivity contribution in [1.29, 1.82) is 0 Å². The normalized spacial score (nSPS) is 30.3. The summed E-state index contributed by atoms with van der Waals surface area (Å²) in [6.07, 6.45) is 1.98. The number of guanidine groups is 1. The number of hydrogen-bond donors (Lipinski definition) is 2. The SMILES string of the molecule is CC1(CN=C2NC(=O)C(=O)N2)CCCO1. The van der Waals surface area contributed by atoms with E-state index in [0.717, 1.165) is 19.4 Å². The molecule has 2 aliphatic heterocycles. The summed E-state index contributed by atoms with van der Waals surface area (Å²) >= 11 is 0. The maximum atomic E-state index is 10.8. The van der Waals surface area contributed by atoms with Crippen LogP contribution in [-0.4, -0.2) is 36.5 Å². The van der Waals surface area contributed by atoms with Crippen LogP contribution in [0.2, 0.25) is 0 Å². The first-order chi connectivity index (χ1) is 7.09. The minimum atomic E-state index is -0.661. The average Bonchev–Trinajstić information content (AvgIpc) is 2.73. The van der Waals surface area contributed by atoms with E-state index in [1.807, 2.05) is 6.92 Å². The van der Waals surface area contributed by atoms with Gasteiger partial charge >= 0.3 is 11.8 Å². The highest BCUT2D eigenvalue weighted by Crippen LogP contribution is 2.24. The van der Waals surface area contributed by atoms with Gasteiger partial charge in [-0.15, -0.1) is 0 Å². The Morgan fingerprint density at radius 1 is 1.40 bits per heavy atom. The summed E-state index contributed by atoms with van der Waals surface area (Å²) in [6, 6.07) is 0. The summed E-state index contributed by atoms with van der Waals surface area (Å²) in [5.41, 5.74) is -0.259. The predicted octanol–water partition coefficient (Wildman–Crippen LogP) is -0.842. The van der Waals surface area contributed by atoms with Crippen LogP contribution in [0, 0.1) is 0 Å². The van der Waals surface area contributed by atoms with E-state index in [2.05, 4.69) is 15.6 Å². The Kier molecular flexibility index (Phi) is 2.44. The molecule has 0 aromatic heterocycles.